The van der Waals surface area contributed by atoms with Crippen LogP contribution in [0.1, 0.15) is 5.76 Å². The van der Waals surface area contributed by atoms with Crippen LogP contribution in [0.3, 0.4) is 0 Å². The third-order valence-electron chi connectivity index (χ3n) is 4.19. The number of nitrogens with zero attached hydrogens (tertiary/aromatic N) is 1. The highest BCUT2D eigenvalue weighted by atomic mass is 32.2. The maximum absolute atomic E-state index is 12.6. The van der Waals surface area contributed by atoms with Crippen LogP contribution in [0.4, 0.5) is 10.5 Å². The number of para-hydroxylation sites is 1. The van der Waals surface area contributed by atoms with Gasteiger partial charge >= 0.3 is 0 Å². The Morgan fingerprint density at radius 2 is 1.66 bits per heavy atom. The van der Waals surface area contributed by atoms with Gasteiger partial charge in [-0.25, -0.2) is 0 Å². The third-order valence-corrected chi connectivity index (χ3v) is 5.10. The maximum Gasteiger partial charge on any atom is 0.294 e. The van der Waals surface area contributed by atoms with Crippen molar-refractivity contribution in [2.75, 3.05) is 11.9 Å². The second kappa shape index (κ2) is 8.20. The molecule has 0 bridgehead atoms. The van der Waals surface area contributed by atoms with E-state index in [0.29, 0.717) is 17.2 Å². The van der Waals surface area contributed by atoms with Crippen LogP contribution in [0.5, 0.6) is 0 Å². The minimum absolute atomic E-state index is 0.219. The van der Waals surface area contributed by atoms with Gasteiger partial charge in [-0.1, -0.05) is 48.5 Å². The van der Waals surface area contributed by atoms with Crippen LogP contribution < -0.4 is 5.32 Å². The Bertz CT molecular complexity index is 1090. The van der Waals surface area contributed by atoms with Crippen molar-refractivity contribution in [2.45, 2.75) is 0 Å². The topological polar surface area (TPSA) is 79.6 Å². The molecule has 0 unspecified atom stereocenters. The second-order valence-corrected chi connectivity index (χ2v) is 7.24. The summed E-state index contributed by atoms with van der Waals surface area (Å²) in [6, 6.07) is 22.0. The minimum atomic E-state index is -0.513. The quantitative estimate of drug-likeness (QED) is 0.628. The fourth-order valence-corrected chi connectivity index (χ4v) is 3.64. The van der Waals surface area contributed by atoms with E-state index in [1.807, 2.05) is 36.4 Å². The molecule has 2 heterocycles. The standard InChI is InChI=1S/C22H16N2O4S/c25-20(23-16-9-5-2-6-10-16)14-24-21(26)19(29-22(24)27)13-17-11-12-18(28-17)15-7-3-1-4-8-15/h1-13H,14H2,(H,23,25)/b19-13-. The van der Waals surface area contributed by atoms with E-state index >= 15 is 0 Å². The van der Waals surface area contributed by atoms with Crippen LogP contribution in [0, 0.1) is 0 Å². The van der Waals surface area contributed by atoms with Crippen LogP contribution >= 0.6 is 11.8 Å². The fourth-order valence-electron chi connectivity index (χ4n) is 2.82. The number of furan rings is 1. The zero-order valence-corrected chi connectivity index (χ0v) is 16.0. The Morgan fingerprint density at radius 3 is 2.38 bits per heavy atom. The molecule has 6 nitrogen and oxygen atoms in total. The van der Waals surface area contributed by atoms with E-state index in [0.717, 1.165) is 22.2 Å². The Balaban J connectivity index is 1.45. The molecule has 0 atom stereocenters. The summed E-state index contributed by atoms with van der Waals surface area (Å²) in [5.74, 6) is 0.173. The van der Waals surface area contributed by atoms with Crippen molar-refractivity contribution in [1.29, 1.82) is 0 Å². The minimum Gasteiger partial charge on any atom is -0.457 e. The molecular weight excluding hydrogens is 388 g/mol. The number of rotatable bonds is 5. The molecule has 3 aromatic rings. The van der Waals surface area contributed by atoms with E-state index in [-0.39, 0.29) is 11.4 Å². The van der Waals surface area contributed by atoms with Crippen molar-refractivity contribution in [3.63, 3.8) is 0 Å². The molecule has 3 amide bonds. The highest BCUT2D eigenvalue weighted by Gasteiger charge is 2.36. The summed E-state index contributed by atoms with van der Waals surface area (Å²) < 4.78 is 5.76. The predicted molar refractivity (Wildman–Crippen MR) is 112 cm³/mol. The maximum atomic E-state index is 12.6. The number of carbonyl (C=O) groups is 3. The normalized spacial score (nSPS) is 15.2. The lowest BCUT2D eigenvalue weighted by Gasteiger charge is -2.12. The van der Waals surface area contributed by atoms with Crippen LogP contribution in [-0.4, -0.2) is 28.5 Å². The SMILES string of the molecule is O=C(CN1C(=O)S/C(=C\c2ccc(-c3ccccc3)o2)C1=O)Nc1ccccc1. The van der Waals surface area contributed by atoms with E-state index in [1.165, 1.54) is 6.08 Å². The van der Waals surface area contributed by atoms with Gasteiger partial charge in [0.2, 0.25) is 5.91 Å². The van der Waals surface area contributed by atoms with Crippen molar-refractivity contribution in [3.8, 4) is 11.3 Å². The number of amides is 3. The van der Waals surface area contributed by atoms with Crippen LogP contribution in [0.15, 0.2) is 82.1 Å². The highest BCUT2D eigenvalue weighted by molar-refractivity contribution is 8.18. The molecule has 7 heteroatoms. The lowest BCUT2D eigenvalue weighted by molar-refractivity contribution is -0.127. The van der Waals surface area contributed by atoms with Crippen LogP contribution in [0.25, 0.3) is 17.4 Å². The first kappa shape index (κ1) is 18.8. The molecule has 1 fully saturated rings. The third kappa shape index (κ3) is 4.30. The van der Waals surface area contributed by atoms with E-state index in [1.54, 1.807) is 36.4 Å². The van der Waals surface area contributed by atoms with Crippen molar-refractivity contribution in [1.82, 2.24) is 4.90 Å². The first-order chi connectivity index (χ1) is 14.1. The van der Waals surface area contributed by atoms with Gasteiger partial charge in [-0.05, 0) is 36.0 Å². The molecular formula is C22H16N2O4S. The zero-order chi connectivity index (χ0) is 20.2. The summed E-state index contributed by atoms with van der Waals surface area (Å²) in [6.07, 6.45) is 1.52. The van der Waals surface area contributed by atoms with Gasteiger partial charge < -0.3 is 9.73 Å². The van der Waals surface area contributed by atoms with Gasteiger partial charge in [0.1, 0.15) is 18.1 Å². The Hall–Kier alpha value is -3.58. The number of carbonyl (C=O) groups excluding carboxylic acids is 3. The molecule has 1 aromatic heterocycles. The average Bonchev–Trinajstić information content (AvgIpc) is 3.30. The molecule has 1 aliphatic rings. The van der Waals surface area contributed by atoms with E-state index in [9.17, 15) is 14.4 Å². The van der Waals surface area contributed by atoms with Crippen molar-refractivity contribution < 1.29 is 18.8 Å². The van der Waals surface area contributed by atoms with Crippen LogP contribution in [-0.2, 0) is 9.59 Å². The lowest BCUT2D eigenvalue weighted by atomic mass is 10.2. The van der Waals surface area contributed by atoms with E-state index in [2.05, 4.69) is 5.32 Å². The Labute approximate surface area is 171 Å². The molecule has 0 spiro atoms. The first-order valence-corrected chi connectivity index (χ1v) is 9.67. The van der Waals surface area contributed by atoms with Crippen molar-refractivity contribution >= 4 is 40.6 Å². The summed E-state index contributed by atoms with van der Waals surface area (Å²) in [4.78, 5) is 38.1. The fraction of sp³-hybridized carbons (Fsp3) is 0.0455. The van der Waals surface area contributed by atoms with Crippen LogP contribution in [0.2, 0.25) is 0 Å². The molecule has 4 rings (SSSR count). The first-order valence-electron chi connectivity index (χ1n) is 8.86. The van der Waals surface area contributed by atoms with Crippen molar-refractivity contribution in [3.05, 3.63) is 83.5 Å². The zero-order valence-electron chi connectivity index (χ0n) is 15.2. The largest absolute Gasteiger partial charge is 0.457 e. The summed E-state index contributed by atoms with van der Waals surface area (Å²) in [7, 11) is 0. The summed E-state index contributed by atoms with van der Waals surface area (Å²) in [6.45, 7) is -0.343. The number of benzene rings is 2. The van der Waals surface area contributed by atoms with Gasteiger partial charge in [0.05, 0.1) is 4.91 Å². The Morgan fingerprint density at radius 1 is 0.966 bits per heavy atom. The molecule has 144 valence electrons. The highest BCUT2D eigenvalue weighted by Crippen LogP contribution is 2.33. The molecule has 2 aromatic carbocycles. The van der Waals surface area contributed by atoms with E-state index in [4.69, 9.17) is 4.42 Å². The number of imide groups is 1. The number of nitrogens with one attached hydrogen (secondary N) is 1. The molecule has 0 saturated carbocycles. The van der Waals surface area contributed by atoms with Gasteiger partial charge in [-0.2, -0.15) is 0 Å². The molecule has 0 radical (unpaired) electrons. The van der Waals surface area contributed by atoms with Gasteiger partial charge in [0.25, 0.3) is 11.1 Å². The summed E-state index contributed by atoms with van der Waals surface area (Å²) in [5, 5.41) is 2.18. The van der Waals surface area contributed by atoms with E-state index < -0.39 is 17.1 Å². The molecule has 0 aliphatic carbocycles. The summed E-state index contributed by atoms with van der Waals surface area (Å²) in [5.41, 5.74) is 1.52. The number of thioether (sulfide) groups is 1. The predicted octanol–water partition coefficient (Wildman–Crippen LogP) is 4.62. The van der Waals surface area contributed by atoms with Gasteiger partial charge in [0.15, 0.2) is 0 Å². The monoisotopic (exact) mass is 404 g/mol. The van der Waals surface area contributed by atoms with Gasteiger partial charge in [-0.15, -0.1) is 0 Å². The Kier molecular flexibility index (Phi) is 5.31. The number of anilines is 1. The van der Waals surface area contributed by atoms with Gasteiger partial charge in [-0.3, -0.25) is 19.3 Å². The molecule has 1 N–H and O–H groups in total. The number of hydrogen-bond acceptors (Lipinski definition) is 5. The number of hydrogen-bond donors (Lipinski definition) is 1. The van der Waals surface area contributed by atoms with Crippen molar-refractivity contribution in [2.24, 2.45) is 0 Å². The molecule has 1 aliphatic heterocycles. The second-order valence-electron chi connectivity index (χ2n) is 6.25. The molecule has 29 heavy (non-hydrogen) atoms. The van der Waals surface area contributed by atoms with Gasteiger partial charge in [0, 0.05) is 17.3 Å². The summed E-state index contributed by atoms with van der Waals surface area (Å²) >= 11 is 0.789. The average molecular weight is 404 g/mol. The lowest BCUT2D eigenvalue weighted by Crippen LogP contribution is -2.36. The molecule has 1 saturated heterocycles. The smallest absolute Gasteiger partial charge is 0.294 e.